The third-order valence-corrected chi connectivity index (χ3v) is 6.75. The lowest BCUT2D eigenvalue weighted by Gasteiger charge is -2.13. The summed E-state index contributed by atoms with van der Waals surface area (Å²) >= 11 is 7.38. The molecule has 8 heteroatoms. The van der Waals surface area contributed by atoms with Gasteiger partial charge in [0.15, 0.2) is 11.0 Å². The molecule has 1 aliphatic carbocycles. The molecule has 0 spiro atoms. The second-order valence-corrected chi connectivity index (χ2v) is 9.43. The number of nitrogens with zero attached hydrogens (tertiary/aromatic N) is 3. The van der Waals surface area contributed by atoms with Crippen LogP contribution in [-0.4, -0.2) is 32.5 Å². The number of carbonyl (C=O) groups is 1. The smallest absolute Gasteiger partial charge is 0.234 e. The van der Waals surface area contributed by atoms with Gasteiger partial charge in [0.05, 0.1) is 11.9 Å². The number of carbonyl (C=O) groups excluding carboxylic acids is 1. The molecule has 0 saturated heterocycles. The average molecular weight is 483 g/mol. The number of allylic oxidation sites excluding steroid dienone is 1. The van der Waals surface area contributed by atoms with E-state index >= 15 is 0 Å². The third kappa shape index (κ3) is 5.97. The van der Waals surface area contributed by atoms with Crippen LogP contribution in [0.15, 0.2) is 60.3 Å². The number of halogens is 1. The Balaban J connectivity index is 1.43. The van der Waals surface area contributed by atoms with Crippen LogP contribution in [-0.2, 0) is 11.3 Å². The van der Waals surface area contributed by atoms with Crippen molar-refractivity contribution >= 4 is 35.0 Å². The molecule has 172 valence electrons. The van der Waals surface area contributed by atoms with Crippen LogP contribution < -0.4 is 10.1 Å². The van der Waals surface area contributed by atoms with Gasteiger partial charge < -0.3 is 10.1 Å². The van der Waals surface area contributed by atoms with Crippen LogP contribution in [0, 0.1) is 6.92 Å². The molecule has 0 radical (unpaired) electrons. The number of hydrogen-bond acceptors (Lipinski definition) is 5. The molecular formula is C25H27ClN4O2S. The molecule has 1 aromatic heterocycles. The van der Waals surface area contributed by atoms with Gasteiger partial charge in [0, 0.05) is 22.8 Å². The highest BCUT2D eigenvalue weighted by atomic mass is 35.5. The molecular weight excluding hydrogens is 456 g/mol. The van der Waals surface area contributed by atoms with Crippen LogP contribution in [0.1, 0.15) is 31.2 Å². The van der Waals surface area contributed by atoms with E-state index in [0.717, 1.165) is 35.5 Å². The molecule has 0 bridgehead atoms. The van der Waals surface area contributed by atoms with Crippen LogP contribution in [0.2, 0.25) is 5.02 Å². The molecule has 2 aromatic carbocycles. The summed E-state index contributed by atoms with van der Waals surface area (Å²) in [5, 5.41) is 12.9. The minimum absolute atomic E-state index is 0.131. The van der Waals surface area contributed by atoms with Crippen LogP contribution in [0.4, 0.5) is 5.69 Å². The minimum atomic E-state index is -0.131. The Bertz CT molecular complexity index is 1120. The first kappa shape index (κ1) is 23.4. The maximum Gasteiger partial charge on any atom is 0.234 e. The van der Waals surface area contributed by atoms with Crippen molar-refractivity contribution in [2.24, 2.45) is 0 Å². The van der Waals surface area contributed by atoms with Crippen molar-refractivity contribution in [3.8, 4) is 17.1 Å². The lowest BCUT2D eigenvalue weighted by atomic mass is 10.2. The normalized spacial score (nSPS) is 13.8. The SMILES string of the molecule is C=CCn1c(SCC(=O)Nc2cc(Cl)ccc2C)nnc1-c1ccc(OC2CCCC2)cc1. The molecule has 33 heavy (non-hydrogen) atoms. The second-order valence-electron chi connectivity index (χ2n) is 8.05. The number of ether oxygens (including phenoxy) is 1. The number of amides is 1. The van der Waals surface area contributed by atoms with Gasteiger partial charge in [-0.1, -0.05) is 35.5 Å². The van der Waals surface area contributed by atoms with Gasteiger partial charge in [0.1, 0.15) is 5.75 Å². The van der Waals surface area contributed by atoms with Gasteiger partial charge in [-0.25, -0.2) is 0 Å². The van der Waals surface area contributed by atoms with E-state index in [4.69, 9.17) is 16.3 Å². The van der Waals surface area contributed by atoms with Crippen LogP contribution in [0.5, 0.6) is 5.75 Å². The summed E-state index contributed by atoms with van der Waals surface area (Å²) in [5.41, 5.74) is 2.60. The lowest BCUT2D eigenvalue weighted by Crippen LogP contribution is -2.15. The second kappa shape index (κ2) is 10.9. The van der Waals surface area contributed by atoms with Gasteiger partial charge in [0.2, 0.25) is 5.91 Å². The van der Waals surface area contributed by atoms with Crippen molar-refractivity contribution in [2.45, 2.75) is 50.4 Å². The first-order chi connectivity index (χ1) is 16.0. The summed E-state index contributed by atoms with van der Waals surface area (Å²) < 4.78 is 8.02. The Morgan fingerprint density at radius 3 is 2.73 bits per heavy atom. The molecule has 0 aliphatic heterocycles. The number of nitrogens with one attached hydrogen (secondary N) is 1. The van der Waals surface area contributed by atoms with E-state index in [2.05, 4.69) is 22.1 Å². The molecule has 1 aliphatic rings. The molecule has 1 N–H and O–H groups in total. The van der Waals surface area contributed by atoms with E-state index in [-0.39, 0.29) is 11.7 Å². The predicted octanol–water partition coefficient (Wildman–Crippen LogP) is 6.15. The van der Waals surface area contributed by atoms with E-state index in [1.807, 2.05) is 41.8 Å². The fourth-order valence-electron chi connectivity index (χ4n) is 3.83. The summed E-state index contributed by atoms with van der Waals surface area (Å²) in [5.74, 6) is 1.68. The molecule has 4 rings (SSSR count). The zero-order valence-corrected chi connectivity index (χ0v) is 20.2. The highest BCUT2D eigenvalue weighted by Gasteiger charge is 2.18. The largest absolute Gasteiger partial charge is 0.490 e. The molecule has 1 saturated carbocycles. The molecule has 1 amide bonds. The predicted molar refractivity (Wildman–Crippen MR) is 134 cm³/mol. The van der Waals surface area contributed by atoms with Gasteiger partial charge in [0.25, 0.3) is 0 Å². The van der Waals surface area contributed by atoms with Crippen molar-refractivity contribution < 1.29 is 9.53 Å². The summed E-state index contributed by atoms with van der Waals surface area (Å²) in [7, 11) is 0. The molecule has 0 atom stereocenters. The Labute approximate surface area is 203 Å². The number of benzene rings is 2. The highest BCUT2D eigenvalue weighted by Crippen LogP contribution is 2.28. The van der Waals surface area contributed by atoms with Gasteiger partial charge in [-0.15, -0.1) is 16.8 Å². The summed E-state index contributed by atoms with van der Waals surface area (Å²) in [6, 6.07) is 13.4. The van der Waals surface area contributed by atoms with Crippen LogP contribution >= 0.6 is 23.4 Å². The number of anilines is 1. The highest BCUT2D eigenvalue weighted by molar-refractivity contribution is 7.99. The molecule has 1 heterocycles. The number of thioether (sulfide) groups is 1. The van der Waals surface area contributed by atoms with Gasteiger partial charge in [-0.3, -0.25) is 9.36 Å². The van der Waals surface area contributed by atoms with Crippen LogP contribution in [0.3, 0.4) is 0 Å². The van der Waals surface area contributed by atoms with E-state index < -0.39 is 0 Å². The van der Waals surface area contributed by atoms with Crippen LogP contribution in [0.25, 0.3) is 11.4 Å². The van der Waals surface area contributed by atoms with E-state index in [9.17, 15) is 4.79 Å². The maximum absolute atomic E-state index is 12.5. The summed E-state index contributed by atoms with van der Waals surface area (Å²) in [6.45, 7) is 6.32. The number of aryl methyl sites for hydroxylation is 1. The van der Waals surface area contributed by atoms with Crippen molar-refractivity contribution in [1.82, 2.24) is 14.8 Å². The molecule has 6 nitrogen and oxygen atoms in total. The van der Waals surface area contributed by atoms with Crippen molar-refractivity contribution in [1.29, 1.82) is 0 Å². The van der Waals surface area contributed by atoms with E-state index in [1.165, 1.54) is 24.6 Å². The zero-order valence-electron chi connectivity index (χ0n) is 18.6. The van der Waals surface area contributed by atoms with Gasteiger partial charge in [-0.05, 0) is 74.6 Å². The lowest BCUT2D eigenvalue weighted by molar-refractivity contribution is -0.113. The Kier molecular flexibility index (Phi) is 7.73. The average Bonchev–Trinajstić information content (AvgIpc) is 3.46. The fourth-order valence-corrected chi connectivity index (χ4v) is 4.75. The molecule has 3 aromatic rings. The fraction of sp³-hybridized carbons (Fsp3) is 0.320. The number of aromatic nitrogens is 3. The zero-order chi connectivity index (χ0) is 23.2. The van der Waals surface area contributed by atoms with Crippen molar-refractivity contribution in [2.75, 3.05) is 11.1 Å². The maximum atomic E-state index is 12.5. The third-order valence-electron chi connectivity index (χ3n) is 5.55. The quantitative estimate of drug-likeness (QED) is 0.293. The van der Waals surface area contributed by atoms with Crippen molar-refractivity contribution in [3.05, 3.63) is 65.7 Å². The first-order valence-corrected chi connectivity index (χ1v) is 12.4. The minimum Gasteiger partial charge on any atom is -0.490 e. The Morgan fingerprint density at radius 2 is 2.00 bits per heavy atom. The first-order valence-electron chi connectivity index (χ1n) is 11.0. The van der Waals surface area contributed by atoms with Crippen molar-refractivity contribution in [3.63, 3.8) is 0 Å². The summed E-state index contributed by atoms with van der Waals surface area (Å²) in [4.78, 5) is 12.5. The monoisotopic (exact) mass is 482 g/mol. The molecule has 1 fully saturated rings. The van der Waals surface area contributed by atoms with Gasteiger partial charge in [-0.2, -0.15) is 0 Å². The topological polar surface area (TPSA) is 69.0 Å². The Hall–Kier alpha value is -2.77. The van der Waals surface area contributed by atoms with Gasteiger partial charge >= 0.3 is 0 Å². The summed E-state index contributed by atoms with van der Waals surface area (Å²) in [6.07, 6.45) is 6.85. The number of hydrogen-bond donors (Lipinski definition) is 1. The van der Waals surface area contributed by atoms with E-state index in [1.54, 1.807) is 18.2 Å². The standard InChI is InChI=1S/C25H27ClN4O2S/c1-3-14-30-24(18-9-12-21(13-10-18)32-20-6-4-5-7-20)28-29-25(30)33-16-23(31)27-22-15-19(26)11-8-17(22)2/h3,8-13,15,20H,1,4-7,14,16H2,2H3,(H,27,31). The van der Waals surface area contributed by atoms with E-state index in [0.29, 0.717) is 28.5 Å². The number of rotatable bonds is 9. The molecule has 0 unspecified atom stereocenters. The Morgan fingerprint density at radius 1 is 1.24 bits per heavy atom.